The molecule has 16 heavy (non-hydrogen) atoms. The van der Waals surface area contributed by atoms with Gasteiger partial charge < -0.3 is 5.32 Å². The Hall–Kier alpha value is -1.82. The highest BCUT2D eigenvalue weighted by Crippen LogP contribution is 2.20. The number of carbonyl (C=O) groups excluding carboxylic acids is 1. The molecule has 0 spiro atoms. The van der Waals surface area contributed by atoms with Crippen LogP contribution in [0, 0.1) is 16.7 Å². The Morgan fingerprint density at radius 3 is 2.56 bits per heavy atom. The average Bonchev–Trinajstić information content (AvgIpc) is 2.15. The molecule has 84 valence electrons. The second kappa shape index (κ2) is 4.80. The fraction of sp³-hybridized carbons (Fsp3) is 0.385. The molecule has 0 atom stereocenters. The molecule has 0 aromatic heterocycles. The molecule has 3 nitrogen and oxygen atoms in total. The fourth-order valence-electron chi connectivity index (χ4n) is 1.37. The van der Waals surface area contributed by atoms with Crippen LogP contribution in [0.15, 0.2) is 24.3 Å². The maximum Gasteiger partial charge on any atom is 0.224 e. The van der Waals surface area contributed by atoms with Gasteiger partial charge in [-0.25, -0.2) is 0 Å². The number of rotatable bonds is 2. The van der Waals surface area contributed by atoms with Crippen LogP contribution in [0.1, 0.15) is 32.8 Å². The summed E-state index contributed by atoms with van der Waals surface area (Å²) in [6.07, 6.45) is 0.437. The Kier molecular flexibility index (Phi) is 3.68. The molecule has 0 aliphatic carbocycles. The van der Waals surface area contributed by atoms with Crippen LogP contribution in [0.3, 0.4) is 0 Å². The molecule has 0 fully saturated rings. The van der Waals surface area contributed by atoms with Gasteiger partial charge in [0.25, 0.3) is 0 Å². The largest absolute Gasteiger partial charge is 0.325 e. The third-order valence-electron chi connectivity index (χ3n) is 2.01. The summed E-state index contributed by atoms with van der Waals surface area (Å²) in [5, 5.41) is 11.6. The van der Waals surface area contributed by atoms with E-state index in [0.29, 0.717) is 17.7 Å². The van der Waals surface area contributed by atoms with Crippen LogP contribution in [0.4, 0.5) is 5.69 Å². The predicted molar refractivity (Wildman–Crippen MR) is 63.9 cm³/mol. The van der Waals surface area contributed by atoms with E-state index in [1.54, 1.807) is 24.3 Å². The molecule has 0 unspecified atom stereocenters. The van der Waals surface area contributed by atoms with Gasteiger partial charge >= 0.3 is 0 Å². The first-order chi connectivity index (χ1) is 7.42. The van der Waals surface area contributed by atoms with Crippen LogP contribution >= 0.6 is 0 Å². The summed E-state index contributed by atoms with van der Waals surface area (Å²) in [7, 11) is 0. The number of nitriles is 1. The molecule has 3 heteroatoms. The van der Waals surface area contributed by atoms with E-state index in [-0.39, 0.29) is 11.3 Å². The van der Waals surface area contributed by atoms with Crippen molar-refractivity contribution < 1.29 is 4.79 Å². The highest BCUT2D eigenvalue weighted by atomic mass is 16.1. The van der Waals surface area contributed by atoms with Gasteiger partial charge in [-0.3, -0.25) is 4.79 Å². The van der Waals surface area contributed by atoms with Crippen LogP contribution in [0.5, 0.6) is 0 Å². The average molecular weight is 216 g/mol. The Bertz CT molecular complexity index is 424. The summed E-state index contributed by atoms with van der Waals surface area (Å²) in [5.41, 5.74) is 1.02. The van der Waals surface area contributed by atoms with Crippen molar-refractivity contribution in [2.45, 2.75) is 27.2 Å². The minimum atomic E-state index is -0.0600. The monoisotopic (exact) mass is 216 g/mol. The minimum Gasteiger partial charge on any atom is -0.325 e. The number of hydrogen-bond donors (Lipinski definition) is 1. The van der Waals surface area contributed by atoms with Gasteiger partial charge in [0.05, 0.1) is 11.3 Å². The van der Waals surface area contributed by atoms with E-state index in [1.807, 2.05) is 26.8 Å². The molecule has 1 aromatic rings. The van der Waals surface area contributed by atoms with Crippen molar-refractivity contribution in [3.8, 4) is 6.07 Å². The number of carbonyl (C=O) groups is 1. The van der Waals surface area contributed by atoms with Gasteiger partial charge in [0.1, 0.15) is 6.07 Å². The molecule has 1 N–H and O–H groups in total. The van der Waals surface area contributed by atoms with Gasteiger partial charge in [0.2, 0.25) is 5.91 Å². The number of benzene rings is 1. The number of nitrogens with one attached hydrogen (secondary N) is 1. The van der Waals surface area contributed by atoms with Crippen LogP contribution < -0.4 is 5.32 Å². The summed E-state index contributed by atoms with van der Waals surface area (Å²) < 4.78 is 0. The zero-order valence-corrected chi connectivity index (χ0v) is 9.87. The van der Waals surface area contributed by atoms with E-state index < -0.39 is 0 Å². The van der Waals surface area contributed by atoms with E-state index in [0.717, 1.165) is 0 Å². The molecule has 0 aliphatic heterocycles. The molecular weight excluding hydrogens is 200 g/mol. The predicted octanol–water partition coefficient (Wildman–Crippen LogP) is 2.93. The van der Waals surface area contributed by atoms with Crippen LogP contribution in [-0.2, 0) is 4.79 Å². The molecule has 0 bridgehead atoms. The van der Waals surface area contributed by atoms with Gasteiger partial charge in [-0.1, -0.05) is 32.9 Å². The molecule has 0 saturated carbocycles. The fourth-order valence-corrected chi connectivity index (χ4v) is 1.37. The van der Waals surface area contributed by atoms with Crippen LogP contribution in [0.2, 0.25) is 0 Å². The number of amides is 1. The first kappa shape index (κ1) is 12.3. The van der Waals surface area contributed by atoms with E-state index in [9.17, 15) is 4.79 Å². The van der Waals surface area contributed by atoms with Crippen molar-refractivity contribution in [2.24, 2.45) is 5.41 Å². The molecule has 1 amide bonds. The quantitative estimate of drug-likeness (QED) is 0.826. The lowest BCUT2D eigenvalue weighted by molar-refractivity contribution is -0.117. The lowest BCUT2D eigenvalue weighted by Crippen LogP contribution is -2.20. The molecule has 0 aliphatic rings. The number of nitrogens with zero attached hydrogens (tertiary/aromatic N) is 1. The third kappa shape index (κ3) is 3.74. The molecule has 1 rings (SSSR count). The second-order valence-electron chi connectivity index (χ2n) is 4.94. The molecule has 1 aromatic carbocycles. The van der Waals surface area contributed by atoms with Crippen molar-refractivity contribution in [2.75, 3.05) is 5.32 Å². The Balaban J connectivity index is 2.75. The maximum atomic E-state index is 11.7. The van der Waals surface area contributed by atoms with Crippen LogP contribution in [0.25, 0.3) is 0 Å². The minimum absolute atomic E-state index is 0.0499. The number of hydrogen-bond acceptors (Lipinski definition) is 2. The van der Waals surface area contributed by atoms with E-state index in [4.69, 9.17) is 5.26 Å². The summed E-state index contributed by atoms with van der Waals surface area (Å²) in [6.45, 7) is 6.01. The van der Waals surface area contributed by atoms with Gasteiger partial charge in [-0.05, 0) is 17.5 Å². The van der Waals surface area contributed by atoms with Crippen molar-refractivity contribution in [1.29, 1.82) is 5.26 Å². The SMILES string of the molecule is CC(C)(C)CC(=O)Nc1ccccc1C#N. The van der Waals surface area contributed by atoms with Gasteiger partial charge in [-0.15, -0.1) is 0 Å². The van der Waals surface area contributed by atoms with Crippen molar-refractivity contribution >= 4 is 11.6 Å². The summed E-state index contributed by atoms with van der Waals surface area (Å²) in [6, 6.07) is 9.05. The lowest BCUT2D eigenvalue weighted by Gasteiger charge is -2.17. The highest BCUT2D eigenvalue weighted by molar-refractivity contribution is 5.92. The van der Waals surface area contributed by atoms with E-state index in [2.05, 4.69) is 5.32 Å². The normalized spacial score (nSPS) is 10.6. The van der Waals surface area contributed by atoms with Crippen molar-refractivity contribution in [3.63, 3.8) is 0 Å². The van der Waals surface area contributed by atoms with Crippen molar-refractivity contribution in [3.05, 3.63) is 29.8 Å². The zero-order valence-electron chi connectivity index (χ0n) is 9.87. The second-order valence-corrected chi connectivity index (χ2v) is 4.94. The lowest BCUT2D eigenvalue weighted by atomic mass is 9.92. The Labute approximate surface area is 96.1 Å². The van der Waals surface area contributed by atoms with Gasteiger partial charge in [0, 0.05) is 6.42 Å². The topological polar surface area (TPSA) is 52.9 Å². The first-order valence-electron chi connectivity index (χ1n) is 5.21. The van der Waals surface area contributed by atoms with Crippen LogP contribution in [-0.4, -0.2) is 5.91 Å². The smallest absolute Gasteiger partial charge is 0.224 e. The Morgan fingerprint density at radius 1 is 1.38 bits per heavy atom. The standard InChI is InChI=1S/C13H16N2O/c1-13(2,3)8-12(16)15-11-7-5-4-6-10(11)9-14/h4-7H,8H2,1-3H3,(H,15,16). The third-order valence-corrected chi connectivity index (χ3v) is 2.01. The summed E-state index contributed by atoms with van der Waals surface area (Å²) in [5.74, 6) is -0.0600. The summed E-state index contributed by atoms with van der Waals surface area (Å²) >= 11 is 0. The zero-order chi connectivity index (χ0) is 12.2. The van der Waals surface area contributed by atoms with Gasteiger partial charge in [0.15, 0.2) is 0 Å². The number of anilines is 1. The highest BCUT2D eigenvalue weighted by Gasteiger charge is 2.16. The number of para-hydroxylation sites is 1. The molecular formula is C13H16N2O. The molecule has 0 saturated heterocycles. The maximum absolute atomic E-state index is 11.7. The molecule has 0 radical (unpaired) electrons. The summed E-state index contributed by atoms with van der Waals surface area (Å²) in [4.78, 5) is 11.7. The first-order valence-corrected chi connectivity index (χ1v) is 5.21. The molecule has 0 heterocycles. The van der Waals surface area contributed by atoms with Gasteiger partial charge in [-0.2, -0.15) is 5.26 Å². The van der Waals surface area contributed by atoms with Crippen molar-refractivity contribution in [1.82, 2.24) is 0 Å². The Morgan fingerprint density at radius 2 is 2.00 bits per heavy atom. The van der Waals surface area contributed by atoms with E-state index >= 15 is 0 Å². The van der Waals surface area contributed by atoms with E-state index in [1.165, 1.54) is 0 Å².